The van der Waals surface area contributed by atoms with Gasteiger partial charge in [-0.15, -0.1) is 0 Å². The van der Waals surface area contributed by atoms with Gasteiger partial charge in [0.15, 0.2) is 5.96 Å². The number of guanidine groups is 1. The van der Waals surface area contributed by atoms with Gasteiger partial charge in [0.05, 0.1) is 6.54 Å². The first kappa shape index (κ1) is 22.0. The fraction of sp³-hybridized carbons (Fsp3) is 0.360. The van der Waals surface area contributed by atoms with Gasteiger partial charge >= 0.3 is 0 Å². The van der Waals surface area contributed by atoms with Crippen molar-refractivity contribution in [3.05, 3.63) is 89.5 Å². The molecule has 0 bridgehead atoms. The average Bonchev–Trinajstić information content (AvgIpc) is 3.34. The summed E-state index contributed by atoms with van der Waals surface area (Å²) in [4.78, 5) is 4.41. The predicted octanol–water partition coefficient (Wildman–Crippen LogP) is 3.48. The summed E-state index contributed by atoms with van der Waals surface area (Å²) in [6.07, 6.45) is 5.43. The summed E-state index contributed by atoms with van der Waals surface area (Å²) in [5, 5.41) is 11.2. The van der Waals surface area contributed by atoms with Crippen molar-refractivity contribution in [1.29, 1.82) is 0 Å². The van der Waals surface area contributed by atoms with Gasteiger partial charge in [0.25, 0.3) is 0 Å². The van der Waals surface area contributed by atoms with Crippen molar-refractivity contribution in [3.8, 4) is 0 Å². The van der Waals surface area contributed by atoms with Gasteiger partial charge in [-0.3, -0.25) is 9.67 Å². The quantitative estimate of drug-likeness (QED) is 0.441. The maximum atomic E-state index is 13.9. The van der Waals surface area contributed by atoms with Crippen LogP contribution in [0.3, 0.4) is 0 Å². The molecule has 32 heavy (non-hydrogen) atoms. The second-order valence-corrected chi connectivity index (χ2v) is 8.15. The van der Waals surface area contributed by atoms with Crippen LogP contribution in [0.4, 0.5) is 4.39 Å². The molecule has 0 radical (unpaired) electrons. The van der Waals surface area contributed by atoms with Crippen LogP contribution in [0.2, 0.25) is 0 Å². The predicted molar refractivity (Wildman–Crippen MR) is 124 cm³/mol. The van der Waals surface area contributed by atoms with E-state index < -0.39 is 0 Å². The second kappa shape index (κ2) is 10.4. The Kier molecular flexibility index (Phi) is 7.17. The van der Waals surface area contributed by atoms with Crippen LogP contribution in [0, 0.1) is 5.82 Å². The highest BCUT2D eigenvalue weighted by Gasteiger charge is 2.35. The molecule has 7 heteroatoms. The molecule has 0 atom stereocenters. The van der Waals surface area contributed by atoms with Crippen molar-refractivity contribution in [3.63, 3.8) is 0 Å². The SMILES string of the molecule is CN=C(NCc1ccccc1Cn1cccn1)NCC1(c2cccc(F)c2)CCOCC1. The number of hydrogen-bond donors (Lipinski definition) is 2. The molecule has 0 amide bonds. The third kappa shape index (κ3) is 5.34. The van der Waals surface area contributed by atoms with E-state index in [1.165, 1.54) is 17.2 Å². The van der Waals surface area contributed by atoms with E-state index in [2.05, 4.69) is 32.9 Å². The van der Waals surface area contributed by atoms with E-state index in [1.54, 1.807) is 25.4 Å². The molecule has 1 fully saturated rings. The van der Waals surface area contributed by atoms with Gasteiger partial charge in [-0.1, -0.05) is 36.4 Å². The summed E-state index contributed by atoms with van der Waals surface area (Å²) in [5.74, 6) is 0.519. The Balaban J connectivity index is 1.42. The van der Waals surface area contributed by atoms with Crippen LogP contribution >= 0.6 is 0 Å². The molecule has 1 aliphatic heterocycles. The zero-order chi connectivity index (χ0) is 22.2. The van der Waals surface area contributed by atoms with Gasteiger partial charge in [-0.2, -0.15) is 5.10 Å². The van der Waals surface area contributed by atoms with Crippen molar-refractivity contribution < 1.29 is 9.13 Å². The molecular weight excluding hydrogens is 405 g/mol. The molecule has 1 saturated heterocycles. The van der Waals surface area contributed by atoms with Gasteiger partial charge in [0.2, 0.25) is 0 Å². The number of aliphatic imine (C=N–C) groups is 1. The minimum absolute atomic E-state index is 0.185. The summed E-state index contributed by atoms with van der Waals surface area (Å²) in [6.45, 7) is 3.37. The molecular formula is C25H30FN5O. The number of nitrogens with one attached hydrogen (secondary N) is 2. The maximum Gasteiger partial charge on any atom is 0.191 e. The molecule has 168 valence electrons. The normalized spacial score (nSPS) is 16.0. The van der Waals surface area contributed by atoms with E-state index in [-0.39, 0.29) is 11.2 Å². The van der Waals surface area contributed by atoms with Crippen LogP contribution in [0.1, 0.15) is 29.5 Å². The Morgan fingerprint density at radius 3 is 2.62 bits per heavy atom. The van der Waals surface area contributed by atoms with Gasteiger partial charge in [-0.05, 0) is 47.7 Å². The van der Waals surface area contributed by atoms with Crippen LogP contribution in [-0.4, -0.2) is 42.5 Å². The van der Waals surface area contributed by atoms with Crippen molar-refractivity contribution in [2.24, 2.45) is 4.99 Å². The van der Waals surface area contributed by atoms with Gasteiger partial charge in [0, 0.05) is 51.2 Å². The van der Waals surface area contributed by atoms with Crippen LogP contribution in [0.5, 0.6) is 0 Å². The molecule has 0 spiro atoms. The topological polar surface area (TPSA) is 63.5 Å². The van der Waals surface area contributed by atoms with E-state index in [1.807, 2.05) is 35.1 Å². The Morgan fingerprint density at radius 1 is 1.09 bits per heavy atom. The molecule has 2 N–H and O–H groups in total. The molecule has 0 aliphatic carbocycles. The fourth-order valence-corrected chi connectivity index (χ4v) is 4.25. The first-order valence-corrected chi connectivity index (χ1v) is 11.0. The number of ether oxygens (including phenoxy) is 1. The summed E-state index contributed by atoms with van der Waals surface area (Å²) in [6, 6.07) is 17.2. The van der Waals surface area contributed by atoms with Gasteiger partial charge < -0.3 is 15.4 Å². The summed E-state index contributed by atoms with van der Waals surface area (Å²) < 4.78 is 21.5. The number of nitrogens with zero attached hydrogens (tertiary/aromatic N) is 3. The number of aromatic nitrogens is 2. The Labute approximate surface area is 188 Å². The molecule has 2 aromatic carbocycles. The maximum absolute atomic E-state index is 13.9. The summed E-state index contributed by atoms with van der Waals surface area (Å²) >= 11 is 0. The highest BCUT2D eigenvalue weighted by molar-refractivity contribution is 5.79. The third-order valence-electron chi connectivity index (χ3n) is 6.16. The lowest BCUT2D eigenvalue weighted by molar-refractivity contribution is 0.0513. The van der Waals surface area contributed by atoms with Gasteiger partial charge in [-0.25, -0.2) is 4.39 Å². The smallest absolute Gasteiger partial charge is 0.191 e. The Bertz CT molecular complexity index is 1030. The average molecular weight is 436 g/mol. The van der Waals surface area contributed by atoms with E-state index in [0.29, 0.717) is 26.3 Å². The number of benzene rings is 2. The molecule has 4 rings (SSSR count). The molecule has 6 nitrogen and oxygen atoms in total. The van der Waals surface area contributed by atoms with E-state index in [9.17, 15) is 4.39 Å². The largest absolute Gasteiger partial charge is 0.381 e. The minimum Gasteiger partial charge on any atom is -0.381 e. The zero-order valence-electron chi connectivity index (χ0n) is 18.4. The van der Waals surface area contributed by atoms with E-state index >= 15 is 0 Å². The standard InChI is InChI=1S/C25H30FN5O/c1-27-24(28-17-20-6-2-3-7-21(20)18-31-13-5-12-30-31)29-19-25(10-14-32-15-11-25)22-8-4-9-23(26)16-22/h2-9,12-13,16H,10-11,14-15,17-19H2,1H3,(H2,27,28,29). The molecule has 0 unspecified atom stereocenters. The molecule has 3 aromatic rings. The highest BCUT2D eigenvalue weighted by atomic mass is 19.1. The Morgan fingerprint density at radius 2 is 1.91 bits per heavy atom. The van der Waals surface area contributed by atoms with Crippen LogP contribution in [0.25, 0.3) is 0 Å². The summed E-state index contributed by atoms with van der Waals surface area (Å²) in [7, 11) is 1.77. The number of halogens is 1. The highest BCUT2D eigenvalue weighted by Crippen LogP contribution is 2.34. The lowest BCUT2D eigenvalue weighted by Gasteiger charge is -2.38. The van der Waals surface area contributed by atoms with Gasteiger partial charge in [0.1, 0.15) is 5.82 Å². The van der Waals surface area contributed by atoms with Crippen molar-refractivity contribution >= 4 is 5.96 Å². The number of rotatable bonds is 7. The lowest BCUT2D eigenvalue weighted by Crippen LogP contribution is -2.48. The van der Waals surface area contributed by atoms with Crippen molar-refractivity contribution in [1.82, 2.24) is 20.4 Å². The zero-order valence-corrected chi connectivity index (χ0v) is 18.4. The molecule has 0 saturated carbocycles. The minimum atomic E-state index is -0.204. The van der Waals surface area contributed by atoms with Crippen LogP contribution in [0.15, 0.2) is 72.0 Å². The molecule has 1 aliphatic rings. The first-order valence-electron chi connectivity index (χ1n) is 11.0. The Hall–Kier alpha value is -3.19. The van der Waals surface area contributed by atoms with Crippen molar-refractivity contribution in [2.45, 2.75) is 31.3 Å². The van der Waals surface area contributed by atoms with Crippen molar-refractivity contribution in [2.75, 3.05) is 26.8 Å². The van der Waals surface area contributed by atoms with Crippen LogP contribution in [-0.2, 0) is 23.2 Å². The van der Waals surface area contributed by atoms with Crippen LogP contribution < -0.4 is 10.6 Å². The first-order chi connectivity index (χ1) is 15.7. The molecule has 1 aromatic heterocycles. The monoisotopic (exact) mass is 435 g/mol. The van der Waals surface area contributed by atoms with E-state index in [4.69, 9.17) is 4.74 Å². The molecule has 2 heterocycles. The third-order valence-corrected chi connectivity index (χ3v) is 6.16. The lowest BCUT2D eigenvalue weighted by atomic mass is 9.74. The summed E-state index contributed by atoms with van der Waals surface area (Å²) in [5.41, 5.74) is 3.22. The fourth-order valence-electron chi connectivity index (χ4n) is 4.25. The number of hydrogen-bond acceptors (Lipinski definition) is 3. The van der Waals surface area contributed by atoms with E-state index in [0.717, 1.165) is 30.9 Å². The second-order valence-electron chi connectivity index (χ2n) is 8.15.